The Bertz CT molecular complexity index is 1050. The molecule has 2 aromatic carbocycles. The minimum absolute atomic E-state index is 0.0402. The first-order valence-corrected chi connectivity index (χ1v) is 11.2. The van der Waals surface area contributed by atoms with Crippen molar-refractivity contribution >= 4 is 29.1 Å². The summed E-state index contributed by atoms with van der Waals surface area (Å²) in [5, 5.41) is 11.6. The second kappa shape index (κ2) is 10.7. The van der Waals surface area contributed by atoms with Gasteiger partial charge in [0.2, 0.25) is 0 Å². The van der Waals surface area contributed by atoms with Gasteiger partial charge < -0.3 is 24.4 Å². The Kier molecular flexibility index (Phi) is 8.00. The Morgan fingerprint density at radius 3 is 2.42 bits per heavy atom. The van der Waals surface area contributed by atoms with E-state index >= 15 is 0 Å². The zero-order valence-electron chi connectivity index (χ0n) is 19.3. The Morgan fingerprint density at radius 2 is 1.82 bits per heavy atom. The maximum absolute atomic E-state index is 13.1. The van der Waals surface area contributed by atoms with Crippen LogP contribution in [0.2, 0.25) is 5.02 Å². The van der Waals surface area contributed by atoms with Crippen molar-refractivity contribution in [2.45, 2.75) is 19.4 Å². The van der Waals surface area contributed by atoms with Crippen molar-refractivity contribution in [1.82, 2.24) is 9.80 Å². The fourth-order valence-corrected chi connectivity index (χ4v) is 4.03. The Morgan fingerprint density at radius 1 is 1.12 bits per heavy atom. The lowest BCUT2D eigenvalue weighted by molar-refractivity contribution is -0.139. The third-order valence-electron chi connectivity index (χ3n) is 5.47. The lowest BCUT2D eigenvalue weighted by atomic mass is 9.95. The van der Waals surface area contributed by atoms with Crippen LogP contribution in [0, 0.1) is 0 Å². The smallest absolute Gasteiger partial charge is 0.295 e. The van der Waals surface area contributed by atoms with Gasteiger partial charge in [0.1, 0.15) is 5.76 Å². The summed E-state index contributed by atoms with van der Waals surface area (Å²) in [5.41, 5.74) is 1.10. The number of amides is 1. The second-order valence-electron chi connectivity index (χ2n) is 8.00. The highest BCUT2D eigenvalue weighted by molar-refractivity contribution is 6.46. The lowest BCUT2D eigenvalue weighted by Crippen LogP contribution is -2.32. The van der Waals surface area contributed by atoms with Crippen LogP contribution in [0.25, 0.3) is 5.76 Å². The standard InChI is InChI=1S/C25H29ClN2O5/c1-5-33-19-12-9-17(15-20(19)32-4)22-21(23(29)16-7-10-18(26)11-8-16)24(30)25(31)28(22)14-6-13-27(2)3/h7-12,15,22,29H,5-6,13-14H2,1-4H3/b23-21-/t22-/m0/s1. The van der Waals surface area contributed by atoms with Crippen LogP contribution in [0.4, 0.5) is 0 Å². The molecule has 1 heterocycles. The summed E-state index contributed by atoms with van der Waals surface area (Å²) in [5.74, 6) is -0.545. The normalized spacial score (nSPS) is 17.6. The molecule has 2 aromatic rings. The van der Waals surface area contributed by atoms with E-state index in [1.54, 1.807) is 42.5 Å². The molecule has 1 atom stereocenters. The number of aliphatic hydroxyl groups is 1. The van der Waals surface area contributed by atoms with Gasteiger partial charge in [-0.25, -0.2) is 0 Å². The molecule has 0 unspecified atom stereocenters. The van der Waals surface area contributed by atoms with Crippen LogP contribution in [0.1, 0.15) is 30.5 Å². The summed E-state index contributed by atoms with van der Waals surface area (Å²) in [7, 11) is 5.43. The van der Waals surface area contributed by atoms with Crippen molar-refractivity contribution < 1.29 is 24.2 Å². The minimum Gasteiger partial charge on any atom is -0.507 e. The summed E-state index contributed by atoms with van der Waals surface area (Å²) >= 11 is 5.98. The molecule has 0 aliphatic carbocycles. The molecule has 8 heteroatoms. The number of carbonyl (C=O) groups excluding carboxylic acids is 2. The lowest BCUT2D eigenvalue weighted by Gasteiger charge is -2.26. The molecule has 0 aromatic heterocycles. The topological polar surface area (TPSA) is 79.3 Å². The van der Waals surface area contributed by atoms with Crippen LogP contribution in [-0.4, -0.2) is 67.5 Å². The number of aliphatic hydroxyl groups excluding tert-OH is 1. The van der Waals surface area contributed by atoms with Gasteiger partial charge in [0.05, 0.1) is 25.3 Å². The van der Waals surface area contributed by atoms with Gasteiger partial charge in [0, 0.05) is 17.1 Å². The number of rotatable bonds is 9. The highest BCUT2D eigenvalue weighted by Crippen LogP contribution is 2.42. The average molecular weight is 473 g/mol. The summed E-state index contributed by atoms with van der Waals surface area (Å²) < 4.78 is 11.1. The quantitative estimate of drug-likeness (QED) is 0.336. The van der Waals surface area contributed by atoms with Crippen molar-refractivity contribution in [1.29, 1.82) is 0 Å². The van der Waals surface area contributed by atoms with E-state index in [9.17, 15) is 14.7 Å². The molecule has 1 saturated heterocycles. The molecule has 176 valence electrons. The molecule has 0 bridgehead atoms. The minimum atomic E-state index is -0.757. The van der Waals surface area contributed by atoms with Gasteiger partial charge in [0.25, 0.3) is 11.7 Å². The van der Waals surface area contributed by atoms with Crippen LogP contribution >= 0.6 is 11.6 Å². The highest BCUT2D eigenvalue weighted by atomic mass is 35.5. The molecule has 0 radical (unpaired) electrons. The predicted octanol–water partition coefficient (Wildman–Crippen LogP) is 4.12. The number of ketones is 1. The van der Waals surface area contributed by atoms with Gasteiger partial charge in [-0.2, -0.15) is 0 Å². The molecular formula is C25H29ClN2O5. The van der Waals surface area contributed by atoms with Gasteiger partial charge in [0.15, 0.2) is 11.5 Å². The van der Waals surface area contributed by atoms with E-state index < -0.39 is 17.7 Å². The first kappa shape index (κ1) is 24.6. The summed E-state index contributed by atoms with van der Waals surface area (Å²) in [6.07, 6.45) is 0.672. The van der Waals surface area contributed by atoms with E-state index in [1.807, 2.05) is 25.9 Å². The molecule has 1 aliphatic heterocycles. The number of ether oxygens (including phenoxy) is 2. The molecule has 0 spiro atoms. The maximum Gasteiger partial charge on any atom is 0.295 e. The number of likely N-dealkylation sites (tertiary alicyclic amines) is 1. The Labute approximate surface area is 199 Å². The van der Waals surface area contributed by atoms with E-state index in [2.05, 4.69) is 0 Å². The highest BCUT2D eigenvalue weighted by Gasteiger charge is 2.46. The zero-order valence-corrected chi connectivity index (χ0v) is 20.1. The molecule has 7 nitrogen and oxygen atoms in total. The summed E-state index contributed by atoms with van der Waals surface area (Å²) in [6.45, 7) is 3.45. The summed E-state index contributed by atoms with van der Waals surface area (Å²) in [6, 6.07) is 11.0. The number of benzene rings is 2. The number of nitrogens with zero attached hydrogens (tertiary/aromatic N) is 2. The van der Waals surface area contributed by atoms with Crippen LogP contribution in [0.15, 0.2) is 48.0 Å². The fourth-order valence-electron chi connectivity index (χ4n) is 3.91. The summed E-state index contributed by atoms with van der Waals surface area (Å²) in [4.78, 5) is 29.7. The van der Waals surface area contributed by atoms with E-state index in [0.717, 1.165) is 6.54 Å². The van der Waals surface area contributed by atoms with Gasteiger partial charge in [-0.3, -0.25) is 9.59 Å². The van der Waals surface area contributed by atoms with Gasteiger partial charge in [-0.05, 0) is 75.9 Å². The van der Waals surface area contributed by atoms with Crippen molar-refractivity contribution in [2.24, 2.45) is 0 Å². The SMILES string of the molecule is CCOc1ccc([C@H]2/C(=C(/O)c3ccc(Cl)cc3)C(=O)C(=O)N2CCCN(C)C)cc1OC. The van der Waals surface area contributed by atoms with Crippen LogP contribution in [-0.2, 0) is 9.59 Å². The Hall–Kier alpha value is -3.03. The van der Waals surface area contributed by atoms with Crippen molar-refractivity contribution in [3.8, 4) is 11.5 Å². The first-order chi connectivity index (χ1) is 15.8. The van der Waals surface area contributed by atoms with Crippen LogP contribution in [0.3, 0.4) is 0 Å². The number of carbonyl (C=O) groups is 2. The number of hydrogen-bond acceptors (Lipinski definition) is 6. The molecule has 1 fully saturated rings. The molecule has 1 aliphatic rings. The van der Waals surface area contributed by atoms with Crippen LogP contribution in [0.5, 0.6) is 11.5 Å². The largest absolute Gasteiger partial charge is 0.507 e. The third-order valence-corrected chi connectivity index (χ3v) is 5.72. The van der Waals surface area contributed by atoms with Crippen LogP contribution < -0.4 is 9.47 Å². The molecule has 1 N–H and O–H groups in total. The Balaban J connectivity index is 2.12. The fraction of sp³-hybridized carbons (Fsp3) is 0.360. The predicted molar refractivity (Wildman–Crippen MR) is 128 cm³/mol. The van der Waals surface area contributed by atoms with Gasteiger partial charge in [-0.1, -0.05) is 17.7 Å². The second-order valence-corrected chi connectivity index (χ2v) is 8.44. The van der Waals surface area contributed by atoms with Gasteiger partial charge >= 0.3 is 0 Å². The molecule has 1 amide bonds. The first-order valence-electron chi connectivity index (χ1n) is 10.8. The molecule has 3 rings (SSSR count). The van der Waals surface area contributed by atoms with E-state index in [-0.39, 0.29) is 11.3 Å². The number of hydrogen-bond donors (Lipinski definition) is 1. The molecule has 33 heavy (non-hydrogen) atoms. The number of Topliss-reactive ketones (excluding diaryl/α,β-unsaturated/α-hetero) is 1. The third kappa shape index (κ3) is 5.31. The van der Waals surface area contributed by atoms with Crippen molar-refractivity contribution in [3.05, 3.63) is 64.2 Å². The van der Waals surface area contributed by atoms with E-state index in [4.69, 9.17) is 21.1 Å². The molecular weight excluding hydrogens is 444 g/mol. The van der Waals surface area contributed by atoms with Crippen molar-refractivity contribution in [2.75, 3.05) is 40.9 Å². The van der Waals surface area contributed by atoms with Gasteiger partial charge in [-0.15, -0.1) is 0 Å². The average Bonchev–Trinajstić information content (AvgIpc) is 3.04. The number of methoxy groups -OCH3 is 1. The zero-order chi connectivity index (χ0) is 24.1. The molecule has 0 saturated carbocycles. The van der Waals surface area contributed by atoms with E-state index in [0.29, 0.717) is 47.2 Å². The maximum atomic E-state index is 13.1. The monoisotopic (exact) mass is 472 g/mol. The number of halogens is 1. The van der Waals surface area contributed by atoms with E-state index in [1.165, 1.54) is 12.0 Å². The van der Waals surface area contributed by atoms with Crippen molar-refractivity contribution in [3.63, 3.8) is 0 Å².